The molecule has 154 valence electrons. The van der Waals surface area contributed by atoms with E-state index in [1.807, 2.05) is 6.07 Å². The van der Waals surface area contributed by atoms with Gasteiger partial charge in [-0.15, -0.1) is 0 Å². The normalized spacial score (nSPS) is 11.2. The third-order valence-electron chi connectivity index (χ3n) is 4.68. The molecule has 0 saturated carbocycles. The summed E-state index contributed by atoms with van der Waals surface area (Å²) in [6.07, 6.45) is 2.94. The SMILES string of the molecule is Cn1cc(C(=O)c2cccc(NS(=O)(=O)c3cccc(C#N)c3)c2)c2c(N)ncnc21. The molecule has 2 heterocycles. The van der Waals surface area contributed by atoms with Crippen LogP contribution in [0.15, 0.2) is 66.0 Å². The van der Waals surface area contributed by atoms with Gasteiger partial charge in [0.1, 0.15) is 17.8 Å². The van der Waals surface area contributed by atoms with E-state index in [4.69, 9.17) is 11.0 Å². The van der Waals surface area contributed by atoms with E-state index in [0.717, 1.165) is 0 Å². The summed E-state index contributed by atoms with van der Waals surface area (Å²) in [5.74, 6) is -0.164. The number of nitrogens with zero attached hydrogens (tertiary/aromatic N) is 4. The zero-order chi connectivity index (χ0) is 22.2. The fourth-order valence-corrected chi connectivity index (χ4v) is 4.33. The van der Waals surface area contributed by atoms with Gasteiger partial charge < -0.3 is 10.3 Å². The van der Waals surface area contributed by atoms with Gasteiger partial charge in [-0.1, -0.05) is 18.2 Å². The van der Waals surface area contributed by atoms with Crippen molar-refractivity contribution in [2.75, 3.05) is 10.5 Å². The minimum atomic E-state index is -3.95. The Hall–Kier alpha value is -4.23. The van der Waals surface area contributed by atoms with Gasteiger partial charge in [0.05, 0.1) is 27.5 Å². The summed E-state index contributed by atoms with van der Waals surface area (Å²) in [7, 11) is -2.21. The molecule has 2 aromatic carbocycles. The molecule has 31 heavy (non-hydrogen) atoms. The fraction of sp³-hybridized carbons (Fsp3) is 0.0476. The number of sulfonamides is 1. The summed E-state index contributed by atoms with van der Waals surface area (Å²) in [5.41, 5.74) is 7.49. The lowest BCUT2D eigenvalue weighted by atomic mass is 10.0. The lowest BCUT2D eigenvalue weighted by molar-refractivity contribution is 0.104. The summed E-state index contributed by atoms with van der Waals surface area (Å²) in [6.45, 7) is 0. The molecule has 9 nitrogen and oxygen atoms in total. The van der Waals surface area contributed by atoms with Crippen molar-refractivity contribution in [1.29, 1.82) is 5.26 Å². The van der Waals surface area contributed by atoms with Gasteiger partial charge in [0.15, 0.2) is 5.78 Å². The number of nitrogens with one attached hydrogen (secondary N) is 1. The minimum Gasteiger partial charge on any atom is -0.383 e. The Morgan fingerprint density at radius 1 is 1.16 bits per heavy atom. The van der Waals surface area contributed by atoms with E-state index >= 15 is 0 Å². The number of nitrogens with two attached hydrogens (primary N) is 1. The average molecular weight is 432 g/mol. The highest BCUT2D eigenvalue weighted by molar-refractivity contribution is 7.92. The number of nitriles is 1. The van der Waals surface area contributed by atoms with Crippen molar-refractivity contribution in [3.63, 3.8) is 0 Å². The first kappa shape index (κ1) is 20.1. The lowest BCUT2D eigenvalue weighted by Gasteiger charge is -2.09. The van der Waals surface area contributed by atoms with Crippen LogP contribution in [-0.2, 0) is 17.1 Å². The number of aryl methyl sites for hydroxylation is 1. The van der Waals surface area contributed by atoms with Crippen molar-refractivity contribution in [2.45, 2.75) is 4.90 Å². The smallest absolute Gasteiger partial charge is 0.261 e. The minimum absolute atomic E-state index is 0.0535. The molecule has 0 radical (unpaired) electrons. The first-order valence-corrected chi connectivity index (χ1v) is 10.5. The third-order valence-corrected chi connectivity index (χ3v) is 6.06. The first-order valence-electron chi connectivity index (χ1n) is 9.03. The molecule has 4 rings (SSSR count). The summed E-state index contributed by atoms with van der Waals surface area (Å²) in [4.78, 5) is 21.2. The number of carbonyl (C=O) groups is 1. The second kappa shape index (κ2) is 7.55. The molecule has 2 aromatic heterocycles. The lowest BCUT2D eigenvalue weighted by Crippen LogP contribution is -2.13. The zero-order valence-corrected chi connectivity index (χ0v) is 17.1. The summed E-state index contributed by atoms with van der Waals surface area (Å²) in [6, 6.07) is 13.7. The molecule has 0 fully saturated rings. The largest absolute Gasteiger partial charge is 0.383 e. The number of fused-ring (bicyclic) bond motifs is 1. The Morgan fingerprint density at radius 3 is 2.71 bits per heavy atom. The second-order valence-corrected chi connectivity index (χ2v) is 8.45. The number of hydrogen-bond donors (Lipinski definition) is 2. The topological polar surface area (TPSA) is 144 Å². The maximum Gasteiger partial charge on any atom is 0.261 e. The molecule has 10 heteroatoms. The van der Waals surface area contributed by atoms with E-state index in [2.05, 4.69) is 14.7 Å². The molecule has 0 aliphatic rings. The summed E-state index contributed by atoms with van der Waals surface area (Å²) >= 11 is 0. The van der Waals surface area contributed by atoms with Crippen LogP contribution in [0.25, 0.3) is 11.0 Å². The number of hydrogen-bond acceptors (Lipinski definition) is 7. The van der Waals surface area contributed by atoms with Crippen LogP contribution < -0.4 is 10.5 Å². The maximum atomic E-state index is 13.2. The highest BCUT2D eigenvalue weighted by Crippen LogP contribution is 2.26. The number of benzene rings is 2. The number of aromatic nitrogens is 3. The van der Waals surface area contributed by atoms with Crippen LogP contribution in [0.3, 0.4) is 0 Å². The summed E-state index contributed by atoms with van der Waals surface area (Å²) < 4.78 is 29.5. The van der Waals surface area contributed by atoms with Crippen LogP contribution in [0, 0.1) is 11.3 Å². The Bertz CT molecular complexity index is 1480. The van der Waals surface area contributed by atoms with E-state index in [1.54, 1.807) is 29.9 Å². The van der Waals surface area contributed by atoms with Crippen LogP contribution in [0.1, 0.15) is 21.5 Å². The molecular formula is C21H16N6O3S. The van der Waals surface area contributed by atoms with Crippen molar-refractivity contribution in [3.05, 3.63) is 77.7 Å². The standard InChI is InChI=1S/C21H16N6O3S/c1-27-11-17(18-20(23)24-12-25-21(18)27)19(28)14-5-3-6-15(9-14)26-31(29,30)16-7-2-4-13(8-16)10-22/h2-9,11-12,26H,1H3,(H2,23,24,25). The van der Waals surface area contributed by atoms with E-state index in [0.29, 0.717) is 16.6 Å². The molecule has 0 spiro atoms. The van der Waals surface area contributed by atoms with Crippen LogP contribution in [0.4, 0.5) is 11.5 Å². The Labute approximate surface area is 177 Å². The van der Waals surface area contributed by atoms with Crippen molar-refractivity contribution < 1.29 is 13.2 Å². The van der Waals surface area contributed by atoms with Crippen molar-refractivity contribution in [2.24, 2.45) is 7.05 Å². The van der Waals surface area contributed by atoms with Gasteiger partial charge in [-0.3, -0.25) is 9.52 Å². The average Bonchev–Trinajstić information content (AvgIpc) is 3.11. The van der Waals surface area contributed by atoms with E-state index in [9.17, 15) is 13.2 Å². The van der Waals surface area contributed by atoms with Crippen molar-refractivity contribution in [3.8, 4) is 6.07 Å². The molecule has 4 aromatic rings. The van der Waals surface area contributed by atoms with Crippen molar-refractivity contribution >= 4 is 38.3 Å². The van der Waals surface area contributed by atoms with Gasteiger partial charge in [0.2, 0.25) is 0 Å². The molecular weight excluding hydrogens is 416 g/mol. The van der Waals surface area contributed by atoms with Gasteiger partial charge in [0, 0.05) is 24.5 Å². The van der Waals surface area contributed by atoms with E-state index in [1.165, 1.54) is 42.7 Å². The Morgan fingerprint density at radius 2 is 1.94 bits per heavy atom. The van der Waals surface area contributed by atoms with Gasteiger partial charge >= 0.3 is 0 Å². The van der Waals surface area contributed by atoms with E-state index in [-0.39, 0.29) is 33.3 Å². The Balaban J connectivity index is 1.69. The number of carbonyl (C=O) groups excluding carboxylic acids is 1. The molecule has 0 aliphatic heterocycles. The quantitative estimate of drug-likeness (QED) is 0.461. The molecule has 0 aliphatic carbocycles. The van der Waals surface area contributed by atoms with Crippen LogP contribution in [0.5, 0.6) is 0 Å². The highest BCUT2D eigenvalue weighted by atomic mass is 32.2. The number of anilines is 2. The predicted molar refractivity (Wildman–Crippen MR) is 115 cm³/mol. The van der Waals surface area contributed by atoms with Crippen molar-refractivity contribution in [1.82, 2.24) is 14.5 Å². The number of rotatable bonds is 5. The zero-order valence-electron chi connectivity index (χ0n) is 16.3. The monoisotopic (exact) mass is 432 g/mol. The van der Waals surface area contributed by atoms with Crippen LogP contribution >= 0.6 is 0 Å². The number of nitrogen functional groups attached to an aromatic ring is 1. The summed E-state index contributed by atoms with van der Waals surface area (Å²) in [5, 5.41) is 9.44. The van der Waals surface area contributed by atoms with Crippen LogP contribution in [0.2, 0.25) is 0 Å². The molecule has 0 saturated heterocycles. The molecule has 0 bridgehead atoms. The van der Waals surface area contributed by atoms with Gasteiger partial charge in [0.25, 0.3) is 10.0 Å². The predicted octanol–water partition coefficient (Wildman–Crippen LogP) is 2.45. The molecule has 0 unspecified atom stereocenters. The maximum absolute atomic E-state index is 13.2. The second-order valence-electron chi connectivity index (χ2n) is 6.77. The molecule has 0 atom stereocenters. The third kappa shape index (κ3) is 3.70. The van der Waals surface area contributed by atoms with E-state index < -0.39 is 10.0 Å². The fourth-order valence-electron chi connectivity index (χ4n) is 3.23. The van der Waals surface area contributed by atoms with Gasteiger partial charge in [-0.05, 0) is 30.3 Å². The van der Waals surface area contributed by atoms with Gasteiger partial charge in [-0.25, -0.2) is 18.4 Å². The van der Waals surface area contributed by atoms with Gasteiger partial charge in [-0.2, -0.15) is 5.26 Å². The first-order chi connectivity index (χ1) is 14.8. The molecule has 3 N–H and O–H groups in total. The Kier molecular flexibility index (Phi) is 4.88. The molecule has 0 amide bonds. The highest BCUT2D eigenvalue weighted by Gasteiger charge is 2.20. The van der Waals surface area contributed by atoms with Crippen LogP contribution in [-0.4, -0.2) is 28.7 Å². The number of ketones is 1.